The number of thioether (sulfide) groups is 1. The Labute approximate surface area is 78.5 Å². The topological polar surface area (TPSA) is 12.4 Å². The zero-order valence-electron chi connectivity index (χ0n) is 6.58. The molecule has 0 N–H and O–H groups in total. The fourth-order valence-electron chi connectivity index (χ4n) is 1.77. The molecule has 3 heteroatoms. The lowest BCUT2D eigenvalue weighted by molar-refractivity contribution is 0.738. The molecule has 1 fully saturated rings. The molecule has 0 radical (unpaired) electrons. The molecular formula is C8H14ClNS. The molecule has 0 spiro atoms. The standard InChI is InChI=1S/C8H13NS.ClH/c1-2-4-7(3-1)8-9-5-6-10-8;/h7H,1-6H2;1H. The Hall–Kier alpha value is 0.310. The van der Waals surface area contributed by atoms with Gasteiger partial charge in [0.25, 0.3) is 0 Å². The van der Waals surface area contributed by atoms with Crippen LogP contribution in [0.5, 0.6) is 0 Å². The average molecular weight is 192 g/mol. The van der Waals surface area contributed by atoms with Crippen LogP contribution in [-0.2, 0) is 0 Å². The maximum Gasteiger partial charge on any atom is 0.0707 e. The van der Waals surface area contributed by atoms with Crippen LogP contribution in [-0.4, -0.2) is 17.3 Å². The van der Waals surface area contributed by atoms with Gasteiger partial charge >= 0.3 is 0 Å². The molecule has 0 aromatic heterocycles. The number of hydrogen-bond acceptors (Lipinski definition) is 2. The Morgan fingerprint density at radius 1 is 1.27 bits per heavy atom. The fraction of sp³-hybridized carbons (Fsp3) is 0.875. The van der Waals surface area contributed by atoms with Crippen molar-refractivity contribution in [1.82, 2.24) is 0 Å². The Kier molecular flexibility index (Phi) is 3.73. The molecule has 2 aliphatic rings. The van der Waals surface area contributed by atoms with Crippen LogP contribution < -0.4 is 0 Å². The number of halogens is 1. The molecule has 1 nitrogen and oxygen atoms in total. The number of hydrogen-bond donors (Lipinski definition) is 0. The van der Waals surface area contributed by atoms with Gasteiger partial charge in [-0.3, -0.25) is 4.99 Å². The van der Waals surface area contributed by atoms with E-state index in [1.165, 1.54) is 36.5 Å². The quantitative estimate of drug-likeness (QED) is 0.621. The van der Waals surface area contributed by atoms with E-state index in [9.17, 15) is 0 Å². The second-order valence-electron chi connectivity index (χ2n) is 3.05. The van der Waals surface area contributed by atoms with Crippen molar-refractivity contribution >= 4 is 29.2 Å². The molecule has 2 rings (SSSR count). The molecule has 1 aliphatic heterocycles. The summed E-state index contributed by atoms with van der Waals surface area (Å²) in [7, 11) is 0. The highest BCUT2D eigenvalue weighted by atomic mass is 35.5. The minimum atomic E-state index is 0. The van der Waals surface area contributed by atoms with Crippen LogP contribution in [0.15, 0.2) is 4.99 Å². The van der Waals surface area contributed by atoms with E-state index in [4.69, 9.17) is 0 Å². The summed E-state index contributed by atoms with van der Waals surface area (Å²) in [5.74, 6) is 2.11. The molecule has 0 aromatic carbocycles. The predicted octanol–water partition coefficient (Wildman–Crippen LogP) is 2.74. The van der Waals surface area contributed by atoms with E-state index in [1.807, 2.05) is 11.8 Å². The van der Waals surface area contributed by atoms with Gasteiger partial charge < -0.3 is 0 Å². The Bertz CT molecular complexity index is 152. The lowest BCUT2D eigenvalue weighted by Crippen LogP contribution is -2.03. The highest BCUT2D eigenvalue weighted by molar-refractivity contribution is 8.14. The Morgan fingerprint density at radius 3 is 2.55 bits per heavy atom. The van der Waals surface area contributed by atoms with Crippen molar-refractivity contribution in [3.63, 3.8) is 0 Å². The van der Waals surface area contributed by atoms with Gasteiger partial charge in [0.15, 0.2) is 0 Å². The molecule has 1 saturated carbocycles. The minimum absolute atomic E-state index is 0. The molecule has 0 saturated heterocycles. The van der Waals surface area contributed by atoms with Crippen LogP contribution in [0.1, 0.15) is 25.7 Å². The van der Waals surface area contributed by atoms with Gasteiger partial charge in [-0.2, -0.15) is 0 Å². The van der Waals surface area contributed by atoms with E-state index in [2.05, 4.69) is 4.99 Å². The average Bonchev–Trinajstić information content (AvgIpc) is 2.59. The van der Waals surface area contributed by atoms with Gasteiger partial charge in [0.05, 0.1) is 5.04 Å². The third-order valence-electron chi connectivity index (χ3n) is 2.31. The second-order valence-corrected chi connectivity index (χ2v) is 4.17. The first kappa shape index (κ1) is 9.40. The Morgan fingerprint density at radius 2 is 2.00 bits per heavy atom. The first-order valence-electron chi connectivity index (χ1n) is 4.14. The molecule has 0 aromatic rings. The van der Waals surface area contributed by atoms with Gasteiger partial charge in [-0.15, -0.1) is 24.2 Å². The zero-order chi connectivity index (χ0) is 6.81. The van der Waals surface area contributed by atoms with Gasteiger partial charge in [-0.05, 0) is 12.8 Å². The molecular weight excluding hydrogens is 178 g/mol. The summed E-state index contributed by atoms with van der Waals surface area (Å²) >= 11 is 1.99. The van der Waals surface area contributed by atoms with Crippen molar-refractivity contribution in [1.29, 1.82) is 0 Å². The third-order valence-corrected chi connectivity index (χ3v) is 3.46. The van der Waals surface area contributed by atoms with Gasteiger partial charge in [-0.1, -0.05) is 12.8 Å². The van der Waals surface area contributed by atoms with Crippen LogP contribution in [0.25, 0.3) is 0 Å². The summed E-state index contributed by atoms with van der Waals surface area (Å²) in [4.78, 5) is 4.50. The first-order valence-corrected chi connectivity index (χ1v) is 5.12. The van der Waals surface area contributed by atoms with Crippen LogP contribution >= 0.6 is 24.2 Å². The second kappa shape index (κ2) is 4.36. The molecule has 11 heavy (non-hydrogen) atoms. The van der Waals surface area contributed by atoms with Crippen molar-refractivity contribution in [2.45, 2.75) is 25.7 Å². The first-order chi connectivity index (χ1) is 4.97. The summed E-state index contributed by atoms with van der Waals surface area (Å²) in [6, 6.07) is 0. The van der Waals surface area contributed by atoms with Crippen LogP contribution in [0.4, 0.5) is 0 Å². The van der Waals surface area contributed by atoms with Crippen LogP contribution in [0.3, 0.4) is 0 Å². The summed E-state index contributed by atoms with van der Waals surface area (Å²) < 4.78 is 0. The summed E-state index contributed by atoms with van der Waals surface area (Å²) in [6.45, 7) is 1.08. The van der Waals surface area contributed by atoms with Gasteiger partial charge in [0, 0.05) is 18.2 Å². The highest BCUT2D eigenvalue weighted by Gasteiger charge is 2.22. The molecule has 0 bridgehead atoms. The van der Waals surface area contributed by atoms with Crippen molar-refractivity contribution in [2.75, 3.05) is 12.3 Å². The molecule has 1 aliphatic carbocycles. The molecule has 64 valence electrons. The third kappa shape index (κ3) is 2.12. The van der Waals surface area contributed by atoms with E-state index < -0.39 is 0 Å². The predicted molar refractivity (Wildman–Crippen MR) is 54.0 cm³/mol. The van der Waals surface area contributed by atoms with Crippen LogP contribution in [0, 0.1) is 5.92 Å². The highest BCUT2D eigenvalue weighted by Crippen LogP contribution is 2.32. The SMILES string of the molecule is C1CCC(C2=NCCS2)C1.Cl. The zero-order valence-corrected chi connectivity index (χ0v) is 8.22. The number of aliphatic imine (C=N–C) groups is 1. The van der Waals surface area contributed by atoms with E-state index in [0.29, 0.717) is 0 Å². The maximum atomic E-state index is 4.50. The minimum Gasteiger partial charge on any atom is -0.282 e. The number of nitrogens with zero attached hydrogens (tertiary/aromatic N) is 1. The van der Waals surface area contributed by atoms with E-state index in [-0.39, 0.29) is 12.4 Å². The molecule has 0 atom stereocenters. The lowest BCUT2D eigenvalue weighted by Gasteiger charge is -2.05. The van der Waals surface area contributed by atoms with E-state index in [1.54, 1.807) is 0 Å². The van der Waals surface area contributed by atoms with Crippen molar-refractivity contribution in [2.24, 2.45) is 10.9 Å². The van der Waals surface area contributed by atoms with E-state index in [0.717, 1.165) is 12.5 Å². The molecule has 0 unspecified atom stereocenters. The van der Waals surface area contributed by atoms with Gasteiger partial charge in [0.2, 0.25) is 0 Å². The van der Waals surface area contributed by atoms with Crippen molar-refractivity contribution in [3.8, 4) is 0 Å². The normalized spacial score (nSPS) is 24.9. The molecule has 1 heterocycles. The van der Waals surface area contributed by atoms with Gasteiger partial charge in [-0.25, -0.2) is 0 Å². The smallest absolute Gasteiger partial charge is 0.0707 e. The molecule has 0 amide bonds. The fourth-order valence-corrected chi connectivity index (χ4v) is 2.82. The van der Waals surface area contributed by atoms with Crippen LogP contribution in [0.2, 0.25) is 0 Å². The summed E-state index contributed by atoms with van der Waals surface area (Å²) in [5.41, 5.74) is 0. The summed E-state index contributed by atoms with van der Waals surface area (Å²) in [6.07, 6.45) is 5.69. The van der Waals surface area contributed by atoms with Crippen molar-refractivity contribution in [3.05, 3.63) is 0 Å². The maximum absolute atomic E-state index is 4.50. The number of rotatable bonds is 1. The van der Waals surface area contributed by atoms with Gasteiger partial charge in [0.1, 0.15) is 0 Å². The summed E-state index contributed by atoms with van der Waals surface area (Å²) in [5, 5.41) is 1.47. The lowest BCUT2D eigenvalue weighted by atomic mass is 10.1. The van der Waals surface area contributed by atoms with E-state index >= 15 is 0 Å². The largest absolute Gasteiger partial charge is 0.282 e. The Balaban J connectivity index is 0.000000605. The monoisotopic (exact) mass is 191 g/mol. The van der Waals surface area contributed by atoms with Crippen molar-refractivity contribution < 1.29 is 0 Å².